The lowest BCUT2D eigenvalue weighted by molar-refractivity contribution is 0.110. The van der Waals surface area contributed by atoms with Gasteiger partial charge in [0.15, 0.2) is 6.10 Å². The molecule has 1 atom stereocenters. The van der Waals surface area contributed by atoms with Crippen LogP contribution in [0, 0.1) is 0 Å². The normalized spacial score (nSPS) is 13.4. The van der Waals surface area contributed by atoms with Crippen LogP contribution in [0.25, 0.3) is 0 Å². The smallest absolute Gasteiger partial charge is 0.249 e. The third-order valence-corrected chi connectivity index (χ3v) is 2.81. The van der Waals surface area contributed by atoms with Crippen LogP contribution in [-0.2, 0) is 11.3 Å². The SMILES string of the molecule is COC(c1ccccc1)c1nnc(CNC(C)(C)C)o1. The average molecular weight is 275 g/mol. The van der Waals surface area contributed by atoms with Gasteiger partial charge >= 0.3 is 0 Å². The number of benzene rings is 1. The molecule has 1 aromatic carbocycles. The van der Waals surface area contributed by atoms with Crippen molar-refractivity contribution in [3.05, 3.63) is 47.7 Å². The largest absolute Gasteiger partial charge is 0.421 e. The number of hydrogen-bond acceptors (Lipinski definition) is 5. The maximum absolute atomic E-state index is 5.68. The minimum absolute atomic E-state index is 0.00865. The molecule has 1 unspecified atom stereocenters. The molecular formula is C15H21N3O2. The summed E-state index contributed by atoms with van der Waals surface area (Å²) in [6.45, 7) is 6.81. The van der Waals surface area contributed by atoms with E-state index >= 15 is 0 Å². The number of nitrogens with one attached hydrogen (secondary N) is 1. The zero-order valence-electron chi connectivity index (χ0n) is 12.4. The van der Waals surface area contributed by atoms with Crippen LogP contribution in [-0.4, -0.2) is 22.8 Å². The Morgan fingerprint density at radius 1 is 1.20 bits per heavy atom. The first-order valence-corrected chi connectivity index (χ1v) is 6.64. The molecule has 0 aliphatic heterocycles. The lowest BCUT2D eigenvalue weighted by atomic mass is 10.1. The van der Waals surface area contributed by atoms with Crippen molar-refractivity contribution < 1.29 is 9.15 Å². The van der Waals surface area contributed by atoms with Crippen LogP contribution in [0.2, 0.25) is 0 Å². The van der Waals surface area contributed by atoms with E-state index in [0.29, 0.717) is 18.3 Å². The van der Waals surface area contributed by atoms with Gasteiger partial charge in [0.1, 0.15) is 0 Å². The fraction of sp³-hybridized carbons (Fsp3) is 0.467. The van der Waals surface area contributed by atoms with Gasteiger partial charge in [0.25, 0.3) is 0 Å². The first kappa shape index (κ1) is 14.7. The Balaban J connectivity index is 2.11. The van der Waals surface area contributed by atoms with Gasteiger partial charge in [-0.2, -0.15) is 0 Å². The molecule has 0 aliphatic carbocycles. The van der Waals surface area contributed by atoms with Crippen LogP contribution < -0.4 is 5.32 Å². The molecule has 0 aliphatic rings. The topological polar surface area (TPSA) is 60.2 Å². The van der Waals surface area contributed by atoms with E-state index in [1.54, 1.807) is 7.11 Å². The predicted octanol–water partition coefficient (Wildman–Crippen LogP) is 2.69. The molecule has 0 fully saturated rings. The number of aromatic nitrogens is 2. The predicted molar refractivity (Wildman–Crippen MR) is 76.2 cm³/mol. The number of rotatable bonds is 5. The second kappa shape index (κ2) is 6.15. The Morgan fingerprint density at radius 3 is 2.50 bits per heavy atom. The van der Waals surface area contributed by atoms with Crippen molar-refractivity contribution in [2.75, 3.05) is 7.11 Å². The van der Waals surface area contributed by atoms with E-state index in [1.807, 2.05) is 30.3 Å². The summed E-state index contributed by atoms with van der Waals surface area (Å²) in [4.78, 5) is 0. The van der Waals surface area contributed by atoms with Crippen molar-refractivity contribution in [2.24, 2.45) is 0 Å². The minimum Gasteiger partial charge on any atom is -0.421 e. The lowest BCUT2D eigenvalue weighted by Gasteiger charge is -2.18. The van der Waals surface area contributed by atoms with E-state index in [4.69, 9.17) is 9.15 Å². The Bertz CT molecular complexity index is 532. The van der Waals surface area contributed by atoms with Crippen LogP contribution in [0.4, 0.5) is 0 Å². The second-order valence-electron chi connectivity index (χ2n) is 5.66. The van der Waals surface area contributed by atoms with Crippen LogP contribution >= 0.6 is 0 Å². The van der Waals surface area contributed by atoms with Gasteiger partial charge in [0.05, 0.1) is 6.54 Å². The molecule has 0 spiro atoms. The Kier molecular flexibility index (Phi) is 4.52. The molecule has 0 saturated heterocycles. The summed E-state index contributed by atoms with van der Waals surface area (Å²) < 4.78 is 11.1. The number of hydrogen-bond donors (Lipinski definition) is 1. The van der Waals surface area contributed by atoms with Crippen LogP contribution in [0.1, 0.15) is 44.2 Å². The third-order valence-electron chi connectivity index (χ3n) is 2.81. The Morgan fingerprint density at radius 2 is 1.90 bits per heavy atom. The van der Waals surface area contributed by atoms with E-state index in [1.165, 1.54) is 0 Å². The first-order chi connectivity index (χ1) is 9.49. The van der Waals surface area contributed by atoms with Gasteiger partial charge in [-0.05, 0) is 26.3 Å². The van der Waals surface area contributed by atoms with Gasteiger partial charge in [-0.15, -0.1) is 10.2 Å². The number of methoxy groups -OCH3 is 1. The summed E-state index contributed by atoms with van der Waals surface area (Å²) in [5.41, 5.74) is 1.00. The maximum atomic E-state index is 5.68. The standard InChI is InChI=1S/C15H21N3O2/c1-15(2,3)16-10-12-17-18-14(20-12)13(19-4)11-8-6-5-7-9-11/h5-9,13,16H,10H2,1-4H3. The summed E-state index contributed by atoms with van der Waals surface area (Å²) in [6.07, 6.45) is -0.327. The van der Waals surface area contributed by atoms with E-state index in [9.17, 15) is 0 Å². The van der Waals surface area contributed by atoms with Crippen molar-refractivity contribution in [3.63, 3.8) is 0 Å². The zero-order valence-corrected chi connectivity index (χ0v) is 12.4. The average Bonchev–Trinajstić information content (AvgIpc) is 2.87. The molecule has 20 heavy (non-hydrogen) atoms. The summed E-state index contributed by atoms with van der Waals surface area (Å²) in [7, 11) is 1.63. The maximum Gasteiger partial charge on any atom is 0.249 e. The van der Waals surface area contributed by atoms with Gasteiger partial charge in [0, 0.05) is 12.6 Å². The van der Waals surface area contributed by atoms with E-state index in [2.05, 4.69) is 36.3 Å². The van der Waals surface area contributed by atoms with Crippen molar-refractivity contribution in [1.82, 2.24) is 15.5 Å². The lowest BCUT2D eigenvalue weighted by Crippen LogP contribution is -2.35. The van der Waals surface area contributed by atoms with Crippen molar-refractivity contribution >= 4 is 0 Å². The molecule has 1 heterocycles. The molecule has 1 N–H and O–H groups in total. The Labute approximate surface area is 119 Å². The van der Waals surface area contributed by atoms with Gasteiger partial charge in [-0.25, -0.2) is 0 Å². The summed E-state index contributed by atoms with van der Waals surface area (Å²) in [6, 6.07) is 9.83. The Hall–Kier alpha value is -1.72. The molecule has 5 nitrogen and oxygen atoms in total. The van der Waals surface area contributed by atoms with Crippen molar-refractivity contribution in [1.29, 1.82) is 0 Å². The second-order valence-corrected chi connectivity index (χ2v) is 5.66. The highest BCUT2D eigenvalue weighted by atomic mass is 16.5. The summed E-state index contributed by atoms with van der Waals surface area (Å²) in [5, 5.41) is 11.4. The third kappa shape index (κ3) is 3.88. The molecular weight excluding hydrogens is 254 g/mol. The van der Waals surface area contributed by atoms with E-state index in [-0.39, 0.29) is 11.6 Å². The highest BCUT2D eigenvalue weighted by Crippen LogP contribution is 2.23. The molecule has 2 rings (SSSR count). The highest BCUT2D eigenvalue weighted by molar-refractivity contribution is 5.21. The molecule has 1 aromatic heterocycles. The molecule has 0 amide bonds. The number of nitrogens with zero attached hydrogens (tertiary/aromatic N) is 2. The molecule has 0 bridgehead atoms. The van der Waals surface area contributed by atoms with E-state index < -0.39 is 0 Å². The fourth-order valence-electron chi connectivity index (χ4n) is 1.79. The van der Waals surface area contributed by atoms with Crippen molar-refractivity contribution in [3.8, 4) is 0 Å². The molecule has 5 heteroatoms. The quantitative estimate of drug-likeness (QED) is 0.909. The number of ether oxygens (including phenoxy) is 1. The summed E-state index contributed by atoms with van der Waals surface area (Å²) >= 11 is 0. The summed E-state index contributed by atoms with van der Waals surface area (Å²) in [5.74, 6) is 1.04. The zero-order chi connectivity index (χ0) is 14.6. The van der Waals surface area contributed by atoms with Crippen molar-refractivity contribution in [2.45, 2.75) is 39.0 Å². The molecule has 108 valence electrons. The fourth-order valence-corrected chi connectivity index (χ4v) is 1.79. The van der Waals surface area contributed by atoms with Gasteiger partial charge in [0.2, 0.25) is 11.8 Å². The molecule has 2 aromatic rings. The van der Waals surface area contributed by atoms with Crippen LogP contribution in [0.15, 0.2) is 34.7 Å². The van der Waals surface area contributed by atoms with Gasteiger partial charge in [-0.3, -0.25) is 0 Å². The first-order valence-electron chi connectivity index (χ1n) is 6.64. The van der Waals surface area contributed by atoms with Gasteiger partial charge in [-0.1, -0.05) is 30.3 Å². The molecule has 0 saturated carbocycles. The van der Waals surface area contributed by atoms with Crippen LogP contribution in [0.3, 0.4) is 0 Å². The minimum atomic E-state index is -0.327. The highest BCUT2D eigenvalue weighted by Gasteiger charge is 2.20. The van der Waals surface area contributed by atoms with Crippen LogP contribution in [0.5, 0.6) is 0 Å². The monoisotopic (exact) mass is 275 g/mol. The van der Waals surface area contributed by atoms with Gasteiger partial charge < -0.3 is 14.5 Å². The molecule has 0 radical (unpaired) electrons. The van der Waals surface area contributed by atoms with E-state index in [0.717, 1.165) is 5.56 Å².